The molecule has 1 unspecified atom stereocenters. The Labute approximate surface area is 146 Å². The Morgan fingerprint density at radius 3 is 2.79 bits per heavy atom. The highest BCUT2D eigenvalue weighted by molar-refractivity contribution is 6.29. The average Bonchev–Trinajstić information content (AvgIpc) is 3.15. The van der Waals surface area contributed by atoms with Crippen molar-refractivity contribution < 1.29 is 9.53 Å². The molecule has 1 fully saturated rings. The highest BCUT2D eigenvalue weighted by Gasteiger charge is 2.34. The Morgan fingerprint density at radius 2 is 2.12 bits per heavy atom. The summed E-state index contributed by atoms with van der Waals surface area (Å²) in [6.07, 6.45) is 4.95. The molecule has 1 atom stereocenters. The molecule has 0 bridgehead atoms. The number of rotatable bonds is 2. The van der Waals surface area contributed by atoms with Gasteiger partial charge in [-0.2, -0.15) is 0 Å². The molecule has 1 amide bonds. The second kappa shape index (κ2) is 6.43. The highest BCUT2D eigenvalue weighted by atomic mass is 35.5. The number of ether oxygens (including phenoxy) is 1. The van der Waals surface area contributed by atoms with E-state index in [0.29, 0.717) is 11.7 Å². The first-order valence-electron chi connectivity index (χ1n) is 8.00. The number of carbonyl (C=O) groups is 1. The molecule has 6 nitrogen and oxygen atoms in total. The van der Waals surface area contributed by atoms with E-state index in [9.17, 15) is 4.79 Å². The third-order valence-electron chi connectivity index (χ3n) is 3.83. The summed E-state index contributed by atoms with van der Waals surface area (Å²) in [5, 5.41) is 0.449. The van der Waals surface area contributed by atoms with Crippen molar-refractivity contribution in [2.24, 2.45) is 0 Å². The van der Waals surface area contributed by atoms with E-state index in [1.54, 1.807) is 23.4 Å². The van der Waals surface area contributed by atoms with Gasteiger partial charge >= 0.3 is 6.09 Å². The number of aromatic amines is 1. The zero-order valence-electron chi connectivity index (χ0n) is 14.0. The summed E-state index contributed by atoms with van der Waals surface area (Å²) in [6.45, 7) is 6.29. The number of hydrogen-bond acceptors (Lipinski definition) is 4. The number of amides is 1. The van der Waals surface area contributed by atoms with Gasteiger partial charge < -0.3 is 9.72 Å². The second-order valence-electron chi connectivity index (χ2n) is 6.88. The van der Waals surface area contributed by atoms with Crippen LogP contribution >= 0.6 is 11.6 Å². The SMILES string of the molecule is CC(C)(C)OC(=O)N1CCCC1c1ncc(-c2ccc(Cl)nc2)[nH]1. The topological polar surface area (TPSA) is 71.1 Å². The van der Waals surface area contributed by atoms with Crippen molar-refractivity contribution in [1.29, 1.82) is 0 Å². The Kier molecular flexibility index (Phi) is 4.49. The van der Waals surface area contributed by atoms with Crippen molar-refractivity contribution in [3.63, 3.8) is 0 Å². The van der Waals surface area contributed by atoms with Crippen molar-refractivity contribution in [2.45, 2.75) is 45.3 Å². The minimum Gasteiger partial charge on any atom is -0.444 e. The van der Waals surface area contributed by atoms with Gasteiger partial charge in [-0.1, -0.05) is 11.6 Å². The molecule has 128 valence electrons. The van der Waals surface area contributed by atoms with Crippen LogP contribution in [-0.4, -0.2) is 38.1 Å². The predicted molar refractivity (Wildman–Crippen MR) is 91.7 cm³/mol. The number of nitrogens with zero attached hydrogens (tertiary/aromatic N) is 3. The minimum atomic E-state index is -0.506. The molecule has 0 saturated carbocycles. The van der Waals surface area contributed by atoms with Gasteiger partial charge in [-0.05, 0) is 45.7 Å². The standard InChI is InChI=1S/C17H21ClN4O2/c1-17(2,3)24-16(23)22-8-4-5-13(22)15-20-10-12(21-15)11-6-7-14(18)19-9-11/h6-7,9-10,13H,4-5,8H2,1-3H3,(H,20,21). The third kappa shape index (κ3) is 3.70. The molecule has 2 aromatic heterocycles. The molecule has 0 aromatic carbocycles. The van der Waals surface area contributed by atoms with E-state index in [-0.39, 0.29) is 12.1 Å². The van der Waals surface area contributed by atoms with Gasteiger partial charge in [0.1, 0.15) is 16.6 Å². The molecule has 1 N–H and O–H groups in total. The van der Waals surface area contributed by atoms with Crippen LogP contribution in [0.2, 0.25) is 5.15 Å². The van der Waals surface area contributed by atoms with Crippen molar-refractivity contribution in [3.8, 4) is 11.3 Å². The number of nitrogens with one attached hydrogen (secondary N) is 1. The molecule has 3 rings (SSSR count). The van der Waals surface area contributed by atoms with Gasteiger partial charge in [0.15, 0.2) is 0 Å². The second-order valence-corrected chi connectivity index (χ2v) is 7.27. The molecular formula is C17H21ClN4O2. The number of pyridine rings is 1. The van der Waals surface area contributed by atoms with Crippen LogP contribution in [0.4, 0.5) is 4.79 Å². The van der Waals surface area contributed by atoms with Crippen LogP contribution < -0.4 is 0 Å². The van der Waals surface area contributed by atoms with E-state index < -0.39 is 5.60 Å². The average molecular weight is 349 g/mol. The molecule has 1 saturated heterocycles. The van der Waals surface area contributed by atoms with E-state index in [1.807, 2.05) is 26.8 Å². The van der Waals surface area contributed by atoms with Gasteiger partial charge in [0.05, 0.1) is 17.9 Å². The van der Waals surface area contributed by atoms with Gasteiger partial charge in [0.25, 0.3) is 0 Å². The van der Waals surface area contributed by atoms with Crippen LogP contribution in [0.25, 0.3) is 11.3 Å². The zero-order valence-corrected chi connectivity index (χ0v) is 14.8. The van der Waals surface area contributed by atoms with Crippen molar-refractivity contribution in [2.75, 3.05) is 6.54 Å². The number of halogens is 1. The smallest absolute Gasteiger partial charge is 0.410 e. The molecule has 0 spiro atoms. The van der Waals surface area contributed by atoms with E-state index in [1.165, 1.54) is 0 Å². The number of likely N-dealkylation sites (tertiary alicyclic amines) is 1. The van der Waals surface area contributed by atoms with E-state index in [2.05, 4.69) is 15.0 Å². The summed E-state index contributed by atoms with van der Waals surface area (Å²) in [7, 11) is 0. The van der Waals surface area contributed by atoms with Gasteiger partial charge in [-0.25, -0.2) is 14.8 Å². The third-order valence-corrected chi connectivity index (χ3v) is 4.05. The lowest BCUT2D eigenvalue weighted by Crippen LogP contribution is -2.36. The van der Waals surface area contributed by atoms with E-state index in [0.717, 1.165) is 29.9 Å². The van der Waals surface area contributed by atoms with Gasteiger partial charge in [-0.15, -0.1) is 0 Å². The lowest BCUT2D eigenvalue weighted by atomic mass is 10.2. The van der Waals surface area contributed by atoms with Crippen LogP contribution in [0.3, 0.4) is 0 Å². The summed E-state index contributed by atoms with van der Waals surface area (Å²) in [4.78, 5) is 26.0. The lowest BCUT2D eigenvalue weighted by Gasteiger charge is -2.27. The number of H-pyrrole nitrogens is 1. The fraction of sp³-hybridized carbons (Fsp3) is 0.471. The first-order valence-corrected chi connectivity index (χ1v) is 8.38. The number of carbonyl (C=O) groups excluding carboxylic acids is 1. The summed E-state index contributed by atoms with van der Waals surface area (Å²) >= 11 is 5.82. The maximum Gasteiger partial charge on any atom is 0.410 e. The fourth-order valence-electron chi connectivity index (χ4n) is 2.78. The highest BCUT2D eigenvalue weighted by Crippen LogP contribution is 2.32. The van der Waals surface area contributed by atoms with Gasteiger partial charge in [0.2, 0.25) is 0 Å². The number of imidazole rings is 1. The first kappa shape index (κ1) is 16.8. The predicted octanol–water partition coefficient (Wildman–Crippen LogP) is 4.20. The molecule has 1 aliphatic rings. The number of aromatic nitrogens is 3. The molecule has 7 heteroatoms. The lowest BCUT2D eigenvalue weighted by molar-refractivity contribution is 0.0219. The van der Waals surface area contributed by atoms with E-state index in [4.69, 9.17) is 16.3 Å². The van der Waals surface area contributed by atoms with Crippen molar-refractivity contribution >= 4 is 17.7 Å². The zero-order chi connectivity index (χ0) is 17.3. The maximum absolute atomic E-state index is 12.4. The van der Waals surface area contributed by atoms with Gasteiger partial charge in [0, 0.05) is 18.3 Å². The van der Waals surface area contributed by atoms with Crippen LogP contribution in [0.15, 0.2) is 24.5 Å². The summed E-state index contributed by atoms with van der Waals surface area (Å²) in [6, 6.07) is 3.53. The first-order chi connectivity index (χ1) is 11.3. The molecule has 24 heavy (non-hydrogen) atoms. The van der Waals surface area contributed by atoms with Crippen LogP contribution in [0.1, 0.15) is 45.5 Å². The Morgan fingerprint density at radius 1 is 1.33 bits per heavy atom. The van der Waals surface area contributed by atoms with Crippen LogP contribution in [0.5, 0.6) is 0 Å². The monoisotopic (exact) mass is 348 g/mol. The van der Waals surface area contributed by atoms with Crippen LogP contribution in [-0.2, 0) is 4.74 Å². The summed E-state index contributed by atoms with van der Waals surface area (Å²) < 4.78 is 5.50. The van der Waals surface area contributed by atoms with Crippen LogP contribution in [0, 0.1) is 0 Å². The van der Waals surface area contributed by atoms with Crippen molar-refractivity contribution in [3.05, 3.63) is 35.5 Å². The summed E-state index contributed by atoms with van der Waals surface area (Å²) in [5.74, 6) is 0.767. The van der Waals surface area contributed by atoms with Gasteiger partial charge in [-0.3, -0.25) is 4.90 Å². The molecular weight excluding hydrogens is 328 g/mol. The minimum absolute atomic E-state index is 0.0890. The molecule has 0 radical (unpaired) electrons. The fourth-order valence-corrected chi connectivity index (χ4v) is 2.89. The Balaban J connectivity index is 1.78. The quantitative estimate of drug-likeness (QED) is 0.826. The molecule has 0 aliphatic carbocycles. The summed E-state index contributed by atoms with van der Waals surface area (Å²) in [5.41, 5.74) is 1.25. The molecule has 3 heterocycles. The molecule has 1 aliphatic heterocycles. The van der Waals surface area contributed by atoms with Crippen molar-refractivity contribution in [1.82, 2.24) is 19.9 Å². The maximum atomic E-state index is 12.4. The normalized spacial score (nSPS) is 18.0. The molecule has 2 aromatic rings. The van der Waals surface area contributed by atoms with E-state index >= 15 is 0 Å². The largest absolute Gasteiger partial charge is 0.444 e. The Hall–Kier alpha value is -2.08. The number of hydrogen-bond donors (Lipinski definition) is 1. The Bertz CT molecular complexity index is 721.